The standard InChI is InChI=1S/C15H21N3O3/c1-10-4-5-11(6-17-10)15(20)18-7-12(9-21-3)13(8-18)14(19)16-2/h4-6,12-13H,7-9H2,1-3H3,(H,16,19)/t12-,13+/m0/s1. The Labute approximate surface area is 124 Å². The van der Waals surface area contributed by atoms with E-state index in [9.17, 15) is 9.59 Å². The van der Waals surface area contributed by atoms with Crippen LogP contribution in [0.3, 0.4) is 0 Å². The van der Waals surface area contributed by atoms with Crippen LogP contribution < -0.4 is 5.32 Å². The van der Waals surface area contributed by atoms with Crippen LogP contribution in [0.2, 0.25) is 0 Å². The highest BCUT2D eigenvalue weighted by Crippen LogP contribution is 2.25. The fraction of sp³-hybridized carbons (Fsp3) is 0.533. The molecule has 0 saturated carbocycles. The molecule has 1 aromatic heterocycles. The largest absolute Gasteiger partial charge is 0.384 e. The molecule has 21 heavy (non-hydrogen) atoms. The van der Waals surface area contributed by atoms with Crippen LogP contribution in [0.25, 0.3) is 0 Å². The first kappa shape index (κ1) is 15.4. The van der Waals surface area contributed by atoms with Gasteiger partial charge in [0.2, 0.25) is 5.91 Å². The summed E-state index contributed by atoms with van der Waals surface area (Å²) in [6.07, 6.45) is 1.58. The summed E-state index contributed by atoms with van der Waals surface area (Å²) in [4.78, 5) is 30.3. The van der Waals surface area contributed by atoms with E-state index < -0.39 is 0 Å². The number of hydrogen-bond donors (Lipinski definition) is 1. The average molecular weight is 291 g/mol. The predicted molar refractivity (Wildman–Crippen MR) is 77.8 cm³/mol. The molecule has 2 amide bonds. The van der Waals surface area contributed by atoms with Crippen molar-refractivity contribution in [2.45, 2.75) is 6.92 Å². The number of rotatable bonds is 4. The first-order chi connectivity index (χ1) is 10.1. The van der Waals surface area contributed by atoms with Crippen molar-refractivity contribution in [3.63, 3.8) is 0 Å². The van der Waals surface area contributed by atoms with E-state index in [1.807, 2.05) is 13.0 Å². The van der Waals surface area contributed by atoms with E-state index in [0.29, 0.717) is 25.3 Å². The number of hydrogen-bond acceptors (Lipinski definition) is 4. The molecule has 0 spiro atoms. The Morgan fingerprint density at radius 3 is 2.76 bits per heavy atom. The summed E-state index contributed by atoms with van der Waals surface area (Å²) in [7, 11) is 3.22. The van der Waals surface area contributed by atoms with E-state index in [0.717, 1.165) is 5.69 Å². The molecular weight excluding hydrogens is 270 g/mol. The molecule has 1 aliphatic heterocycles. The highest BCUT2D eigenvalue weighted by molar-refractivity contribution is 5.94. The summed E-state index contributed by atoms with van der Waals surface area (Å²) in [5.41, 5.74) is 1.42. The summed E-state index contributed by atoms with van der Waals surface area (Å²) >= 11 is 0. The van der Waals surface area contributed by atoms with Gasteiger partial charge in [-0.3, -0.25) is 14.6 Å². The lowest BCUT2D eigenvalue weighted by atomic mass is 9.96. The van der Waals surface area contributed by atoms with Gasteiger partial charge in [-0.15, -0.1) is 0 Å². The number of carbonyl (C=O) groups is 2. The third-order valence-electron chi connectivity index (χ3n) is 3.85. The number of pyridine rings is 1. The minimum atomic E-state index is -0.225. The smallest absolute Gasteiger partial charge is 0.255 e. The van der Waals surface area contributed by atoms with Crippen molar-refractivity contribution in [2.24, 2.45) is 11.8 Å². The van der Waals surface area contributed by atoms with Crippen LogP contribution in [-0.4, -0.2) is 55.6 Å². The second-order valence-corrected chi connectivity index (χ2v) is 5.33. The van der Waals surface area contributed by atoms with Gasteiger partial charge in [-0.2, -0.15) is 0 Å². The van der Waals surface area contributed by atoms with Crippen LogP contribution in [-0.2, 0) is 9.53 Å². The predicted octanol–water partition coefficient (Wildman–Crippen LogP) is 0.471. The topological polar surface area (TPSA) is 71.5 Å². The van der Waals surface area contributed by atoms with E-state index in [-0.39, 0.29) is 23.7 Å². The first-order valence-electron chi connectivity index (χ1n) is 6.99. The van der Waals surface area contributed by atoms with Gasteiger partial charge in [-0.25, -0.2) is 0 Å². The van der Waals surface area contributed by atoms with Gasteiger partial charge >= 0.3 is 0 Å². The number of carbonyl (C=O) groups excluding carboxylic acids is 2. The number of likely N-dealkylation sites (tertiary alicyclic amines) is 1. The molecular formula is C15H21N3O3. The Morgan fingerprint density at radius 1 is 1.43 bits per heavy atom. The third kappa shape index (κ3) is 3.39. The second-order valence-electron chi connectivity index (χ2n) is 5.33. The van der Waals surface area contributed by atoms with E-state index in [2.05, 4.69) is 10.3 Å². The Balaban J connectivity index is 2.12. The maximum Gasteiger partial charge on any atom is 0.255 e. The zero-order chi connectivity index (χ0) is 15.4. The van der Waals surface area contributed by atoms with Gasteiger partial charge in [-0.05, 0) is 19.1 Å². The lowest BCUT2D eigenvalue weighted by Gasteiger charge is -2.16. The Kier molecular flexibility index (Phi) is 4.90. The molecule has 1 aromatic rings. The Hall–Kier alpha value is -1.95. The van der Waals surface area contributed by atoms with E-state index in [1.165, 1.54) is 0 Å². The fourth-order valence-corrected chi connectivity index (χ4v) is 2.68. The summed E-state index contributed by atoms with van der Waals surface area (Å²) in [6, 6.07) is 3.58. The fourth-order valence-electron chi connectivity index (χ4n) is 2.68. The number of nitrogens with one attached hydrogen (secondary N) is 1. The minimum Gasteiger partial charge on any atom is -0.384 e. The molecule has 0 aliphatic carbocycles. The van der Waals surface area contributed by atoms with Gasteiger partial charge in [0.15, 0.2) is 0 Å². The Morgan fingerprint density at radius 2 is 2.19 bits per heavy atom. The number of nitrogens with zero attached hydrogens (tertiary/aromatic N) is 2. The Bertz CT molecular complexity index is 515. The lowest BCUT2D eigenvalue weighted by Crippen LogP contribution is -2.34. The number of amides is 2. The molecule has 6 heteroatoms. The molecule has 2 atom stereocenters. The van der Waals surface area contributed by atoms with Gasteiger partial charge in [0.1, 0.15) is 0 Å². The lowest BCUT2D eigenvalue weighted by molar-refractivity contribution is -0.125. The van der Waals surface area contributed by atoms with Crippen LogP contribution in [0.15, 0.2) is 18.3 Å². The molecule has 1 N–H and O–H groups in total. The van der Waals surface area contributed by atoms with Crippen molar-refractivity contribution >= 4 is 11.8 Å². The summed E-state index contributed by atoms with van der Waals surface area (Å²) in [5, 5.41) is 2.66. The molecule has 2 heterocycles. The van der Waals surface area contributed by atoms with Gasteiger partial charge in [-0.1, -0.05) is 0 Å². The maximum absolute atomic E-state index is 12.5. The van der Waals surface area contributed by atoms with E-state index in [4.69, 9.17) is 4.74 Å². The van der Waals surface area contributed by atoms with E-state index in [1.54, 1.807) is 31.3 Å². The number of methoxy groups -OCH3 is 1. The number of ether oxygens (including phenoxy) is 1. The highest BCUT2D eigenvalue weighted by atomic mass is 16.5. The van der Waals surface area contributed by atoms with Crippen LogP contribution in [0.4, 0.5) is 0 Å². The highest BCUT2D eigenvalue weighted by Gasteiger charge is 2.39. The van der Waals surface area contributed by atoms with Crippen LogP contribution >= 0.6 is 0 Å². The summed E-state index contributed by atoms with van der Waals surface area (Å²) in [6.45, 7) is 3.29. The normalized spacial score (nSPS) is 21.4. The molecule has 1 aliphatic rings. The average Bonchev–Trinajstić information content (AvgIpc) is 2.91. The van der Waals surface area contributed by atoms with Crippen LogP contribution in [0, 0.1) is 18.8 Å². The molecule has 0 radical (unpaired) electrons. The maximum atomic E-state index is 12.5. The molecule has 1 fully saturated rings. The number of aromatic nitrogens is 1. The van der Waals surface area contributed by atoms with Crippen molar-refractivity contribution in [1.29, 1.82) is 0 Å². The molecule has 0 unspecified atom stereocenters. The molecule has 2 rings (SSSR count). The SMILES string of the molecule is CNC(=O)[C@@H]1CN(C(=O)c2ccc(C)nc2)C[C@H]1COC. The van der Waals surface area contributed by atoms with Crippen molar-refractivity contribution in [1.82, 2.24) is 15.2 Å². The minimum absolute atomic E-state index is 0.0253. The zero-order valence-corrected chi connectivity index (χ0v) is 12.6. The van der Waals surface area contributed by atoms with Gasteiger partial charge in [0.05, 0.1) is 18.1 Å². The molecule has 114 valence electrons. The van der Waals surface area contributed by atoms with Crippen LogP contribution in [0.1, 0.15) is 16.1 Å². The van der Waals surface area contributed by atoms with Crippen LogP contribution in [0.5, 0.6) is 0 Å². The van der Waals surface area contributed by atoms with Gasteiger partial charge in [0, 0.05) is 45.1 Å². The third-order valence-corrected chi connectivity index (χ3v) is 3.85. The van der Waals surface area contributed by atoms with Crippen molar-refractivity contribution in [2.75, 3.05) is 33.9 Å². The quantitative estimate of drug-likeness (QED) is 0.875. The molecule has 6 nitrogen and oxygen atoms in total. The monoisotopic (exact) mass is 291 g/mol. The van der Waals surface area contributed by atoms with E-state index >= 15 is 0 Å². The van der Waals surface area contributed by atoms with Gasteiger partial charge in [0.25, 0.3) is 5.91 Å². The summed E-state index contributed by atoms with van der Waals surface area (Å²) < 4.78 is 5.17. The molecule has 0 aromatic carbocycles. The molecule has 1 saturated heterocycles. The van der Waals surface area contributed by atoms with Gasteiger partial charge < -0.3 is 15.0 Å². The second kappa shape index (κ2) is 6.67. The first-order valence-corrected chi connectivity index (χ1v) is 6.99. The van der Waals surface area contributed by atoms with Crippen molar-refractivity contribution in [3.05, 3.63) is 29.6 Å². The number of aryl methyl sites for hydroxylation is 1. The molecule has 0 bridgehead atoms. The van der Waals surface area contributed by atoms with Crippen molar-refractivity contribution in [3.8, 4) is 0 Å². The summed E-state index contributed by atoms with van der Waals surface area (Å²) in [5.74, 6) is -0.334. The van der Waals surface area contributed by atoms with Crippen molar-refractivity contribution < 1.29 is 14.3 Å². The zero-order valence-electron chi connectivity index (χ0n) is 12.6.